The van der Waals surface area contributed by atoms with E-state index in [-0.39, 0.29) is 5.95 Å². The molecule has 0 radical (unpaired) electrons. The molecule has 0 saturated carbocycles. The summed E-state index contributed by atoms with van der Waals surface area (Å²) in [5.41, 5.74) is 7.14. The number of ether oxygens (including phenoxy) is 1. The van der Waals surface area contributed by atoms with E-state index in [1.54, 1.807) is 6.20 Å². The molecular formula is C13H16N4O. The lowest BCUT2D eigenvalue weighted by atomic mass is 10.1. The molecule has 1 heterocycles. The fourth-order valence-electron chi connectivity index (χ4n) is 1.54. The minimum absolute atomic E-state index is 0.171. The van der Waals surface area contributed by atoms with E-state index in [0.29, 0.717) is 5.69 Å². The molecule has 0 saturated heterocycles. The van der Waals surface area contributed by atoms with Crippen LogP contribution in [-0.2, 0) is 0 Å². The van der Waals surface area contributed by atoms with Crippen molar-refractivity contribution in [3.63, 3.8) is 0 Å². The van der Waals surface area contributed by atoms with Gasteiger partial charge in [-0.25, -0.2) is 4.98 Å². The molecular weight excluding hydrogens is 228 g/mol. The van der Waals surface area contributed by atoms with Gasteiger partial charge >= 0.3 is 0 Å². The second-order valence-electron chi connectivity index (χ2n) is 3.93. The number of unbranched alkanes of at least 4 members (excludes halogenated alkanes) is 1. The number of nitrogens with zero attached hydrogens (tertiary/aromatic N) is 3. The monoisotopic (exact) mass is 244 g/mol. The molecule has 2 aromatic rings. The third-order valence-electron chi connectivity index (χ3n) is 2.47. The van der Waals surface area contributed by atoms with Crippen LogP contribution >= 0.6 is 0 Å². The first-order valence-corrected chi connectivity index (χ1v) is 5.98. The van der Waals surface area contributed by atoms with Crippen LogP contribution in [0.2, 0.25) is 0 Å². The summed E-state index contributed by atoms with van der Waals surface area (Å²) in [6, 6.07) is 7.72. The molecule has 2 rings (SSSR count). The summed E-state index contributed by atoms with van der Waals surface area (Å²) in [6.45, 7) is 2.86. The highest BCUT2D eigenvalue weighted by Gasteiger charge is 2.03. The fraction of sp³-hybridized carbons (Fsp3) is 0.308. The van der Waals surface area contributed by atoms with Crippen molar-refractivity contribution in [2.45, 2.75) is 19.8 Å². The Kier molecular flexibility index (Phi) is 4.06. The van der Waals surface area contributed by atoms with Crippen molar-refractivity contribution in [3.8, 4) is 17.0 Å². The molecule has 0 aliphatic rings. The Labute approximate surface area is 106 Å². The Morgan fingerprint density at radius 2 is 2.22 bits per heavy atom. The normalized spacial score (nSPS) is 10.3. The second-order valence-corrected chi connectivity index (χ2v) is 3.93. The fourth-order valence-corrected chi connectivity index (χ4v) is 1.54. The summed E-state index contributed by atoms with van der Waals surface area (Å²) >= 11 is 0. The predicted octanol–water partition coefficient (Wildman–Crippen LogP) is 2.30. The van der Waals surface area contributed by atoms with Crippen molar-refractivity contribution in [2.75, 3.05) is 12.3 Å². The molecule has 0 amide bonds. The molecule has 0 unspecified atom stereocenters. The maximum absolute atomic E-state index is 5.64. The zero-order chi connectivity index (χ0) is 12.8. The van der Waals surface area contributed by atoms with E-state index in [9.17, 15) is 0 Å². The van der Waals surface area contributed by atoms with E-state index in [4.69, 9.17) is 10.5 Å². The molecule has 5 heteroatoms. The maximum Gasteiger partial charge on any atom is 0.240 e. The van der Waals surface area contributed by atoms with Crippen LogP contribution in [0.3, 0.4) is 0 Å². The quantitative estimate of drug-likeness (QED) is 0.817. The van der Waals surface area contributed by atoms with Crippen molar-refractivity contribution in [1.82, 2.24) is 15.2 Å². The number of nitrogen functional groups attached to an aromatic ring is 1. The van der Waals surface area contributed by atoms with Crippen LogP contribution in [0.4, 0.5) is 5.95 Å². The maximum atomic E-state index is 5.64. The Bertz CT molecular complexity index is 516. The first-order valence-electron chi connectivity index (χ1n) is 5.98. The third-order valence-corrected chi connectivity index (χ3v) is 2.47. The molecule has 0 spiro atoms. The molecule has 0 aliphatic heterocycles. The zero-order valence-corrected chi connectivity index (χ0v) is 10.3. The van der Waals surface area contributed by atoms with Crippen LogP contribution in [0.1, 0.15) is 19.8 Å². The van der Waals surface area contributed by atoms with Crippen LogP contribution in [0, 0.1) is 0 Å². The summed E-state index contributed by atoms with van der Waals surface area (Å²) in [4.78, 5) is 4.13. The highest BCUT2D eigenvalue weighted by Crippen LogP contribution is 2.22. The number of rotatable bonds is 5. The van der Waals surface area contributed by atoms with Gasteiger partial charge in [0.1, 0.15) is 5.75 Å². The molecule has 18 heavy (non-hydrogen) atoms. The number of anilines is 1. The average molecular weight is 244 g/mol. The van der Waals surface area contributed by atoms with Gasteiger partial charge in [0.25, 0.3) is 0 Å². The van der Waals surface area contributed by atoms with Gasteiger partial charge in [0, 0.05) is 5.56 Å². The third kappa shape index (κ3) is 3.16. The number of hydrogen-bond acceptors (Lipinski definition) is 5. The van der Waals surface area contributed by atoms with E-state index in [2.05, 4.69) is 22.1 Å². The molecule has 0 aliphatic carbocycles. The van der Waals surface area contributed by atoms with E-state index < -0.39 is 0 Å². The summed E-state index contributed by atoms with van der Waals surface area (Å²) in [5, 5.41) is 7.42. The van der Waals surface area contributed by atoms with Gasteiger partial charge < -0.3 is 10.5 Å². The van der Waals surface area contributed by atoms with Gasteiger partial charge in [-0.05, 0) is 18.6 Å². The lowest BCUT2D eigenvalue weighted by Crippen LogP contribution is -1.99. The van der Waals surface area contributed by atoms with E-state index >= 15 is 0 Å². The van der Waals surface area contributed by atoms with Crippen LogP contribution < -0.4 is 10.5 Å². The molecule has 5 nitrogen and oxygen atoms in total. The summed E-state index contributed by atoms with van der Waals surface area (Å²) in [7, 11) is 0. The molecule has 1 aromatic carbocycles. The van der Waals surface area contributed by atoms with Crippen LogP contribution in [0.25, 0.3) is 11.3 Å². The van der Waals surface area contributed by atoms with Crippen LogP contribution in [-0.4, -0.2) is 21.8 Å². The van der Waals surface area contributed by atoms with E-state index in [1.807, 2.05) is 24.3 Å². The summed E-state index contributed by atoms with van der Waals surface area (Å²) in [6.07, 6.45) is 3.75. The average Bonchev–Trinajstić information content (AvgIpc) is 2.39. The number of benzene rings is 1. The number of hydrogen-bond donors (Lipinski definition) is 1. The van der Waals surface area contributed by atoms with Crippen molar-refractivity contribution >= 4 is 5.95 Å². The molecule has 94 valence electrons. The number of aromatic nitrogens is 3. The molecule has 0 bridgehead atoms. The van der Waals surface area contributed by atoms with Gasteiger partial charge in [0.15, 0.2) is 0 Å². The second kappa shape index (κ2) is 5.95. The first-order chi connectivity index (χ1) is 8.79. The van der Waals surface area contributed by atoms with Crippen LogP contribution in [0.5, 0.6) is 5.75 Å². The van der Waals surface area contributed by atoms with Gasteiger partial charge in [-0.3, -0.25) is 0 Å². The van der Waals surface area contributed by atoms with Gasteiger partial charge in [-0.2, -0.15) is 5.10 Å². The Morgan fingerprint density at radius 1 is 1.33 bits per heavy atom. The number of nitrogens with two attached hydrogens (primary N) is 1. The topological polar surface area (TPSA) is 73.9 Å². The van der Waals surface area contributed by atoms with Crippen LogP contribution in [0.15, 0.2) is 30.5 Å². The SMILES string of the molecule is CCCCOc1cccc(-c2cnnc(N)n2)c1. The largest absolute Gasteiger partial charge is 0.494 e. The summed E-state index contributed by atoms with van der Waals surface area (Å²) in [5.74, 6) is 1.00. The van der Waals surface area contributed by atoms with Gasteiger partial charge in [0.05, 0.1) is 18.5 Å². The lowest BCUT2D eigenvalue weighted by Gasteiger charge is -2.07. The zero-order valence-electron chi connectivity index (χ0n) is 10.3. The van der Waals surface area contributed by atoms with Gasteiger partial charge in [-0.15, -0.1) is 5.10 Å². The minimum Gasteiger partial charge on any atom is -0.494 e. The van der Waals surface area contributed by atoms with Crippen molar-refractivity contribution in [3.05, 3.63) is 30.5 Å². The molecule has 1 aromatic heterocycles. The Balaban J connectivity index is 2.16. The van der Waals surface area contributed by atoms with Gasteiger partial charge in [0.2, 0.25) is 5.95 Å². The Hall–Kier alpha value is -2.17. The smallest absolute Gasteiger partial charge is 0.240 e. The lowest BCUT2D eigenvalue weighted by molar-refractivity contribution is 0.309. The predicted molar refractivity (Wildman–Crippen MR) is 70.1 cm³/mol. The van der Waals surface area contributed by atoms with Crippen molar-refractivity contribution < 1.29 is 4.74 Å². The van der Waals surface area contributed by atoms with Gasteiger partial charge in [-0.1, -0.05) is 25.5 Å². The minimum atomic E-state index is 0.171. The van der Waals surface area contributed by atoms with E-state index in [1.165, 1.54) is 0 Å². The van der Waals surface area contributed by atoms with Crippen molar-refractivity contribution in [2.24, 2.45) is 0 Å². The van der Waals surface area contributed by atoms with E-state index in [0.717, 1.165) is 30.8 Å². The summed E-state index contributed by atoms with van der Waals surface area (Å²) < 4.78 is 5.64. The highest BCUT2D eigenvalue weighted by atomic mass is 16.5. The molecule has 0 fully saturated rings. The molecule has 0 atom stereocenters. The highest BCUT2D eigenvalue weighted by molar-refractivity contribution is 5.60. The standard InChI is InChI=1S/C13H16N4O/c1-2-3-7-18-11-6-4-5-10(8-11)12-9-15-17-13(14)16-12/h4-6,8-9H,2-3,7H2,1H3,(H2,14,16,17). The van der Waals surface area contributed by atoms with Crippen molar-refractivity contribution in [1.29, 1.82) is 0 Å². The molecule has 2 N–H and O–H groups in total. The first kappa shape index (κ1) is 12.3. The Morgan fingerprint density at radius 3 is 3.00 bits per heavy atom.